The monoisotopic (exact) mass is 242 g/mol. The molecule has 16 heavy (non-hydrogen) atoms. The van der Waals surface area contributed by atoms with Gasteiger partial charge in [0, 0.05) is 4.88 Å². The van der Waals surface area contributed by atoms with E-state index in [1.807, 2.05) is 14.1 Å². The van der Waals surface area contributed by atoms with E-state index in [0.29, 0.717) is 13.1 Å². The summed E-state index contributed by atoms with van der Waals surface area (Å²) in [6.45, 7) is 0.710. The number of carbonyl (C=O) groups is 2. The van der Waals surface area contributed by atoms with Gasteiger partial charge in [0.2, 0.25) is 5.91 Å². The van der Waals surface area contributed by atoms with E-state index >= 15 is 0 Å². The lowest BCUT2D eigenvalue weighted by Crippen LogP contribution is -2.32. The second-order valence-electron chi connectivity index (χ2n) is 3.59. The molecule has 0 aliphatic carbocycles. The number of amides is 1. The van der Waals surface area contributed by atoms with E-state index in [1.165, 1.54) is 11.3 Å². The fourth-order valence-electron chi connectivity index (χ4n) is 1.12. The number of hydrogen-bond donors (Lipinski definition) is 2. The van der Waals surface area contributed by atoms with Gasteiger partial charge in [-0.3, -0.25) is 4.79 Å². The summed E-state index contributed by atoms with van der Waals surface area (Å²) in [6.07, 6.45) is 0. The van der Waals surface area contributed by atoms with Crippen molar-refractivity contribution in [2.45, 2.75) is 6.54 Å². The lowest BCUT2D eigenvalue weighted by atomic mass is 10.4. The van der Waals surface area contributed by atoms with E-state index < -0.39 is 5.97 Å². The van der Waals surface area contributed by atoms with Crippen LogP contribution in [0.3, 0.4) is 0 Å². The molecule has 0 fully saturated rings. The first-order chi connectivity index (χ1) is 7.49. The van der Waals surface area contributed by atoms with E-state index in [-0.39, 0.29) is 10.8 Å². The van der Waals surface area contributed by atoms with Crippen LogP contribution in [0.25, 0.3) is 0 Å². The summed E-state index contributed by atoms with van der Waals surface area (Å²) < 4.78 is 0. The summed E-state index contributed by atoms with van der Waals surface area (Å²) in [4.78, 5) is 24.8. The van der Waals surface area contributed by atoms with Gasteiger partial charge in [0.15, 0.2) is 0 Å². The number of carbonyl (C=O) groups excluding carboxylic acids is 1. The number of thiophene rings is 1. The zero-order valence-corrected chi connectivity index (χ0v) is 10.0. The summed E-state index contributed by atoms with van der Waals surface area (Å²) in [7, 11) is 3.63. The van der Waals surface area contributed by atoms with Gasteiger partial charge in [0.25, 0.3) is 0 Å². The van der Waals surface area contributed by atoms with Crippen molar-refractivity contribution >= 4 is 23.2 Å². The number of hydrogen-bond acceptors (Lipinski definition) is 4. The van der Waals surface area contributed by atoms with Crippen LogP contribution in [0.5, 0.6) is 0 Å². The first kappa shape index (κ1) is 12.7. The van der Waals surface area contributed by atoms with Gasteiger partial charge in [0.05, 0.1) is 13.1 Å². The van der Waals surface area contributed by atoms with Crippen molar-refractivity contribution in [2.24, 2.45) is 0 Å². The largest absolute Gasteiger partial charge is 0.477 e. The SMILES string of the molecule is CN(C)CC(=O)NCc1ccc(C(=O)O)s1. The standard InChI is InChI=1S/C10H14N2O3S/c1-12(2)6-9(13)11-5-7-3-4-8(16-7)10(14)15/h3-4H,5-6H2,1-2H3,(H,11,13)(H,14,15). The Kier molecular flexibility index (Phi) is 4.45. The Morgan fingerprint density at radius 2 is 2.12 bits per heavy atom. The van der Waals surface area contributed by atoms with E-state index in [9.17, 15) is 9.59 Å². The summed E-state index contributed by atoms with van der Waals surface area (Å²) in [5.41, 5.74) is 0. The second-order valence-corrected chi connectivity index (χ2v) is 4.75. The van der Waals surface area contributed by atoms with Crippen LogP contribution < -0.4 is 5.32 Å². The molecule has 0 bridgehead atoms. The molecule has 0 atom stereocenters. The average Bonchev–Trinajstić information content (AvgIpc) is 2.61. The molecular formula is C10H14N2O3S. The van der Waals surface area contributed by atoms with E-state index in [2.05, 4.69) is 5.32 Å². The molecule has 1 aromatic heterocycles. The highest BCUT2D eigenvalue weighted by molar-refractivity contribution is 7.13. The minimum atomic E-state index is -0.934. The Morgan fingerprint density at radius 3 is 2.62 bits per heavy atom. The van der Waals surface area contributed by atoms with Crippen molar-refractivity contribution < 1.29 is 14.7 Å². The number of carboxylic acid groups (broad SMARTS) is 1. The predicted molar refractivity (Wildman–Crippen MR) is 61.7 cm³/mol. The number of aromatic carboxylic acids is 1. The highest BCUT2D eigenvalue weighted by Crippen LogP contribution is 2.15. The molecule has 6 heteroatoms. The normalized spacial score (nSPS) is 10.4. The Morgan fingerprint density at radius 1 is 1.44 bits per heavy atom. The molecule has 5 nitrogen and oxygen atoms in total. The molecule has 0 saturated carbocycles. The number of rotatable bonds is 5. The van der Waals surface area contributed by atoms with Gasteiger partial charge >= 0.3 is 5.97 Å². The lowest BCUT2D eigenvalue weighted by molar-refractivity contribution is -0.121. The molecule has 88 valence electrons. The number of carboxylic acids is 1. The molecular weight excluding hydrogens is 228 g/mol. The molecule has 0 aliphatic rings. The van der Waals surface area contributed by atoms with Gasteiger partial charge in [-0.25, -0.2) is 4.79 Å². The van der Waals surface area contributed by atoms with Gasteiger partial charge in [-0.15, -0.1) is 11.3 Å². The Bertz CT molecular complexity index is 387. The van der Waals surface area contributed by atoms with Gasteiger partial charge < -0.3 is 15.3 Å². The molecule has 2 N–H and O–H groups in total. The molecule has 0 radical (unpaired) electrons. The van der Waals surface area contributed by atoms with Crippen LogP contribution in [-0.4, -0.2) is 42.5 Å². The zero-order chi connectivity index (χ0) is 12.1. The highest BCUT2D eigenvalue weighted by Gasteiger charge is 2.08. The van der Waals surface area contributed by atoms with Crippen molar-refractivity contribution in [3.63, 3.8) is 0 Å². The molecule has 0 unspecified atom stereocenters. The van der Waals surface area contributed by atoms with Crippen molar-refractivity contribution in [1.29, 1.82) is 0 Å². The topological polar surface area (TPSA) is 69.6 Å². The third kappa shape index (κ3) is 4.00. The Balaban J connectivity index is 2.42. The predicted octanol–water partition coefficient (Wildman–Crippen LogP) is 0.624. The van der Waals surface area contributed by atoms with Crippen molar-refractivity contribution in [2.75, 3.05) is 20.6 Å². The first-order valence-corrected chi connectivity index (χ1v) is 5.54. The molecule has 0 spiro atoms. The van der Waals surface area contributed by atoms with Gasteiger partial charge in [-0.2, -0.15) is 0 Å². The third-order valence-electron chi connectivity index (χ3n) is 1.79. The van der Waals surface area contributed by atoms with Crippen LogP contribution in [0, 0.1) is 0 Å². The van der Waals surface area contributed by atoms with Crippen molar-refractivity contribution in [3.05, 3.63) is 21.9 Å². The lowest BCUT2D eigenvalue weighted by Gasteiger charge is -2.08. The van der Waals surface area contributed by atoms with Crippen LogP contribution >= 0.6 is 11.3 Å². The molecule has 1 amide bonds. The molecule has 1 rings (SSSR count). The number of likely N-dealkylation sites (N-methyl/N-ethyl adjacent to an activating group) is 1. The first-order valence-electron chi connectivity index (χ1n) is 4.72. The maximum atomic E-state index is 11.3. The maximum Gasteiger partial charge on any atom is 0.345 e. The summed E-state index contributed by atoms with van der Waals surface area (Å²) >= 11 is 1.17. The van der Waals surface area contributed by atoms with Gasteiger partial charge in [0.1, 0.15) is 4.88 Å². The molecule has 0 aromatic carbocycles. The third-order valence-corrected chi connectivity index (χ3v) is 2.87. The van der Waals surface area contributed by atoms with Gasteiger partial charge in [-0.05, 0) is 26.2 Å². The number of nitrogens with zero attached hydrogens (tertiary/aromatic N) is 1. The summed E-state index contributed by atoms with van der Waals surface area (Å²) in [6, 6.07) is 3.25. The van der Waals surface area contributed by atoms with Crippen LogP contribution in [-0.2, 0) is 11.3 Å². The fraction of sp³-hybridized carbons (Fsp3) is 0.400. The van der Waals surface area contributed by atoms with Crippen LogP contribution in [0.4, 0.5) is 0 Å². The van der Waals surface area contributed by atoms with Gasteiger partial charge in [-0.1, -0.05) is 0 Å². The molecule has 1 aromatic rings. The molecule has 1 heterocycles. The maximum absolute atomic E-state index is 11.3. The Hall–Kier alpha value is -1.40. The van der Waals surface area contributed by atoms with E-state index in [0.717, 1.165) is 4.88 Å². The average molecular weight is 242 g/mol. The number of nitrogens with one attached hydrogen (secondary N) is 1. The molecule has 0 aliphatic heterocycles. The zero-order valence-electron chi connectivity index (χ0n) is 9.19. The molecule has 0 saturated heterocycles. The fourth-order valence-corrected chi connectivity index (χ4v) is 1.90. The minimum absolute atomic E-state index is 0.0738. The van der Waals surface area contributed by atoms with Crippen LogP contribution in [0.15, 0.2) is 12.1 Å². The van der Waals surface area contributed by atoms with Crippen molar-refractivity contribution in [1.82, 2.24) is 10.2 Å². The van der Waals surface area contributed by atoms with Crippen LogP contribution in [0.1, 0.15) is 14.5 Å². The minimum Gasteiger partial charge on any atom is -0.477 e. The quantitative estimate of drug-likeness (QED) is 0.794. The van der Waals surface area contributed by atoms with Crippen LogP contribution in [0.2, 0.25) is 0 Å². The smallest absolute Gasteiger partial charge is 0.345 e. The Labute approximate surface area is 97.7 Å². The second kappa shape index (κ2) is 5.62. The van der Waals surface area contributed by atoms with E-state index in [1.54, 1.807) is 17.0 Å². The summed E-state index contributed by atoms with van der Waals surface area (Å²) in [5.74, 6) is -1.01. The van der Waals surface area contributed by atoms with E-state index in [4.69, 9.17) is 5.11 Å². The van der Waals surface area contributed by atoms with Crippen molar-refractivity contribution in [3.8, 4) is 0 Å². The highest BCUT2D eigenvalue weighted by atomic mass is 32.1. The summed E-state index contributed by atoms with van der Waals surface area (Å²) in [5, 5.41) is 11.4.